The Bertz CT molecular complexity index is 6280. The van der Waals surface area contributed by atoms with Crippen molar-refractivity contribution < 1.29 is 70.2 Å². The van der Waals surface area contributed by atoms with Crippen LogP contribution in [0.4, 0.5) is 40.3 Å². The molecule has 11 heterocycles. The van der Waals surface area contributed by atoms with E-state index in [0.717, 1.165) is 42.0 Å². The molecule has 0 unspecified atom stereocenters. The number of nitrogens with two attached hydrogens (primary N) is 1. The molecule has 0 atom stereocenters. The summed E-state index contributed by atoms with van der Waals surface area (Å²) < 4.78 is 69.4. The highest BCUT2D eigenvalue weighted by Gasteiger charge is 2.54. The molecule has 4 saturated heterocycles. The van der Waals surface area contributed by atoms with Crippen molar-refractivity contribution in [3.05, 3.63) is 222 Å². The van der Waals surface area contributed by atoms with E-state index in [1.54, 1.807) is 102 Å². The minimum atomic E-state index is -0.758. The van der Waals surface area contributed by atoms with Crippen LogP contribution in [0.5, 0.6) is 0 Å². The molecule has 4 aromatic carbocycles. The number of amides is 9. The summed E-state index contributed by atoms with van der Waals surface area (Å²) in [5, 5.41) is 23.0. The molecule has 0 bridgehead atoms. The number of fused-ring (bicyclic) bond motifs is 3. The number of imidazole rings is 1. The molecular weight excluding hydrogens is 1810 g/mol. The second-order valence-corrected chi connectivity index (χ2v) is 37.8. The van der Waals surface area contributed by atoms with Gasteiger partial charge in [-0.15, -0.1) is 0 Å². The van der Waals surface area contributed by atoms with E-state index in [9.17, 15) is 60.7 Å². The summed E-state index contributed by atoms with van der Waals surface area (Å²) in [5.74, 6) is -3.35. The van der Waals surface area contributed by atoms with Crippen molar-refractivity contribution in [2.75, 3.05) is 73.1 Å². The van der Waals surface area contributed by atoms with E-state index in [1.807, 2.05) is 39.0 Å². The number of hydrogen-bond acceptors (Lipinski definition) is 18. The van der Waals surface area contributed by atoms with Gasteiger partial charge in [0.1, 0.15) is 45.7 Å². The van der Waals surface area contributed by atoms with Gasteiger partial charge in [0.05, 0.1) is 108 Å². The van der Waals surface area contributed by atoms with Crippen LogP contribution < -0.4 is 41.3 Å². The van der Waals surface area contributed by atoms with E-state index in [2.05, 4.69) is 56.2 Å². The first-order valence-electron chi connectivity index (χ1n) is 44.8. The molecule has 8 aliphatic rings. The average molecular weight is 1920 g/mol. The highest BCUT2D eigenvalue weighted by molar-refractivity contribution is 6.35. The third-order valence-electron chi connectivity index (χ3n) is 28.1. The van der Waals surface area contributed by atoms with Crippen LogP contribution in [0.2, 0.25) is 20.1 Å². The number of aryl methyl sites for hydroxylation is 4. The number of nitrogens with zero attached hydrogens (tertiary/aromatic N) is 15. The summed E-state index contributed by atoms with van der Waals surface area (Å²) in [7, 11) is 3.15. The van der Waals surface area contributed by atoms with Crippen LogP contribution in [0.3, 0.4) is 0 Å². The Hall–Kier alpha value is -12.0. The maximum absolute atomic E-state index is 13.9. The number of rotatable bonds is 18. The Morgan fingerprint density at radius 1 is 0.493 bits per heavy atom. The number of H-pyrrole nitrogens is 1. The summed E-state index contributed by atoms with van der Waals surface area (Å²) in [6.45, 7) is 10.5. The predicted octanol–water partition coefficient (Wildman–Crippen LogP) is 15.0. The third kappa shape index (κ3) is 19.1. The highest BCUT2D eigenvalue weighted by Crippen LogP contribution is 2.53. The molecule has 134 heavy (non-hydrogen) atoms. The van der Waals surface area contributed by atoms with Gasteiger partial charge in [-0.1, -0.05) is 46.4 Å². The van der Waals surface area contributed by atoms with Crippen molar-refractivity contribution in [1.29, 1.82) is 0 Å². The van der Waals surface area contributed by atoms with E-state index in [1.165, 1.54) is 61.2 Å². The topological polar surface area (TPSA) is 370 Å². The van der Waals surface area contributed by atoms with Gasteiger partial charge in [0, 0.05) is 101 Å². The van der Waals surface area contributed by atoms with Crippen molar-refractivity contribution in [2.45, 2.75) is 187 Å². The molecule has 4 saturated carbocycles. The van der Waals surface area contributed by atoms with Crippen LogP contribution in [0.15, 0.2) is 122 Å². The molecule has 4 aliphatic heterocycles. The number of carbonyl (C=O) groups is 9. The van der Waals surface area contributed by atoms with E-state index >= 15 is 0 Å². The van der Waals surface area contributed by atoms with Gasteiger partial charge in [-0.3, -0.25) is 43.2 Å². The SMILES string of the molecule is COCCN(C(=O)c1nc[nH]c1C(N)=O)[C@H]1CC[C@@]2(CCN(c3cc(C)c(F)cc3Cl)C2=O)CC1.COCc1cc(C)n2ncc(C(=O)N[C@H]3CC[C@]4(CCN(c5ccc(F)cc5Cl)C4=O)CC3)c2n1.Cc1ccn2ncc(C(=O)N[C@H]3CC[C@]4(CCN(c5ccc(F)cc5Cl)C4=O)CC3)c2n1.Cc1ccnc2c(C(=O)N[C@H]3CC[C@]4(CCN(c5ccc(F)cc5Cl)C4=O)CC3)cnn12. The van der Waals surface area contributed by atoms with Crippen molar-refractivity contribution >= 4 is 139 Å². The van der Waals surface area contributed by atoms with Gasteiger partial charge in [-0.2, -0.15) is 15.3 Å². The summed E-state index contributed by atoms with van der Waals surface area (Å²) >= 11 is 24.9. The molecule has 19 rings (SSSR count). The normalized spacial score (nSPS) is 22.7. The Morgan fingerprint density at radius 3 is 1.37 bits per heavy atom. The number of primary amides is 1. The zero-order valence-corrected chi connectivity index (χ0v) is 77.8. The third-order valence-corrected chi connectivity index (χ3v) is 29.3. The van der Waals surface area contributed by atoms with Gasteiger partial charge in [0.25, 0.3) is 29.5 Å². The molecule has 6 N–H and O–H groups in total. The Labute approximate surface area is 788 Å². The second-order valence-electron chi connectivity index (χ2n) is 36.1. The number of nitrogens with one attached hydrogen (secondary N) is 4. The molecule has 11 aromatic rings. The lowest BCUT2D eigenvalue weighted by molar-refractivity contribution is -0.128. The number of benzene rings is 4. The largest absolute Gasteiger partial charge is 0.383 e. The zero-order valence-electron chi connectivity index (χ0n) is 74.7. The smallest absolute Gasteiger partial charge is 0.275 e. The lowest BCUT2D eigenvalue weighted by Gasteiger charge is -2.40. The highest BCUT2D eigenvalue weighted by atomic mass is 35.5. The fourth-order valence-corrected chi connectivity index (χ4v) is 21.5. The number of carbonyl (C=O) groups excluding carboxylic acids is 9. The summed E-state index contributed by atoms with van der Waals surface area (Å²) in [4.78, 5) is 146. The van der Waals surface area contributed by atoms with Gasteiger partial charge < -0.3 is 60.6 Å². The number of ether oxygens (including phenoxy) is 2. The van der Waals surface area contributed by atoms with E-state index < -0.39 is 56.7 Å². The maximum Gasteiger partial charge on any atom is 0.275 e. The van der Waals surface area contributed by atoms with E-state index in [-0.39, 0.29) is 97.0 Å². The molecule has 4 aliphatic carbocycles. The number of methoxy groups -OCH3 is 2. The van der Waals surface area contributed by atoms with Crippen LogP contribution in [0, 0.1) is 72.6 Å². The van der Waals surface area contributed by atoms with Crippen molar-refractivity contribution in [3.63, 3.8) is 0 Å². The number of halogens is 8. The first-order valence-corrected chi connectivity index (χ1v) is 46.3. The minimum absolute atomic E-state index is 0.0101. The molecule has 8 fully saturated rings. The zero-order chi connectivity index (χ0) is 95.0. The molecular formula is C95H102Cl4F4N20O11. The van der Waals surface area contributed by atoms with Crippen molar-refractivity contribution in [2.24, 2.45) is 27.4 Å². The van der Waals surface area contributed by atoms with Gasteiger partial charge >= 0.3 is 0 Å². The van der Waals surface area contributed by atoms with Crippen molar-refractivity contribution in [1.82, 2.24) is 74.6 Å². The summed E-state index contributed by atoms with van der Waals surface area (Å²) in [6, 6.07) is 20.6. The Morgan fingerprint density at radius 2 is 0.918 bits per heavy atom. The van der Waals surface area contributed by atoms with Crippen molar-refractivity contribution in [3.8, 4) is 0 Å². The van der Waals surface area contributed by atoms with Gasteiger partial charge in [0.2, 0.25) is 23.6 Å². The van der Waals surface area contributed by atoms with Crippen LogP contribution in [-0.4, -0.2) is 190 Å². The number of aromatic amines is 1. The van der Waals surface area contributed by atoms with Gasteiger partial charge in [-0.05, 0) is 247 Å². The van der Waals surface area contributed by atoms with Crippen LogP contribution >= 0.6 is 46.4 Å². The van der Waals surface area contributed by atoms with E-state index in [0.29, 0.717) is 217 Å². The maximum atomic E-state index is 13.9. The fourth-order valence-electron chi connectivity index (χ4n) is 20.5. The number of aromatic nitrogens is 11. The fraction of sp³-hybridized carbons (Fsp3) is 0.432. The predicted molar refractivity (Wildman–Crippen MR) is 493 cm³/mol. The first kappa shape index (κ1) is 95.1. The lowest BCUT2D eigenvalue weighted by Crippen LogP contribution is -2.47. The number of hydrogen-bond donors (Lipinski definition) is 5. The lowest BCUT2D eigenvalue weighted by atomic mass is 9.71. The Balaban J connectivity index is 0.000000130. The molecule has 9 amide bonds. The van der Waals surface area contributed by atoms with Crippen LogP contribution in [0.25, 0.3) is 16.9 Å². The molecule has 4 spiro atoms. The molecule has 7 aromatic heterocycles. The van der Waals surface area contributed by atoms with Gasteiger partial charge in [-0.25, -0.2) is 51.0 Å². The molecule has 0 radical (unpaired) electrons. The number of anilines is 4. The molecule has 39 heteroatoms. The molecule has 704 valence electrons. The minimum Gasteiger partial charge on any atom is -0.383 e. The quantitative estimate of drug-likeness (QED) is 0.0498. The first-order chi connectivity index (χ1) is 64.2. The second kappa shape index (κ2) is 39.5. The Kier molecular flexibility index (Phi) is 28.0. The van der Waals surface area contributed by atoms with E-state index in [4.69, 9.17) is 61.6 Å². The molecule has 31 nitrogen and oxygen atoms in total. The van der Waals surface area contributed by atoms with Crippen LogP contribution in [-0.2, 0) is 35.3 Å². The monoisotopic (exact) mass is 1910 g/mol. The standard InChI is InChI=1S/C25H27ClFN5O3.C24H29ClFN5O4.2C23H23ClFN5O2/c1-15-11-18(14-35-2)29-22-19(13-28-32(15)22)23(33)30-17-5-7-25(8-6-17)9-10-31(24(25)34)21-4-3-16(27)12-20(21)26;1-14-11-18(16(25)12-17(14)26)31-8-7-24(23(31)34)5-3-15(4-6-24)30(9-10-35-2)22(33)20-19(21(27)32)28-13-29-20;1-14-6-10-30-20(27-14)17(13-26-30)21(31)28-16-4-7-23(8-5-16)9-11-29(22(23)32)19-3-2-15(25)12-18(19)24;1-14-6-10-26-20-17(13-27-30(14)20)21(31)28-16-4-7-23(8-5-16)9-11-29(22(23)32)19-3-2-15(25)12-18(19)24/h3-4,11-13,17H,5-10,14H2,1-2H3,(H,30,33);11-13,15H,3-10H2,1-2H3,(H2,27,32)(H,28,29);2*2-3,6,10,12-13,16H,4-5,7-9,11H2,1H3,(H,28,31)/t17-,25+;15-,24-;2*16-,23+. The average Bonchev–Trinajstić information content (AvgIpc) is 1.61. The van der Waals surface area contributed by atoms with Gasteiger partial charge in [0.15, 0.2) is 22.6 Å². The summed E-state index contributed by atoms with van der Waals surface area (Å²) in [6.07, 6.45) is 23.0. The summed E-state index contributed by atoms with van der Waals surface area (Å²) in [5.41, 5.74) is 12.3. The van der Waals surface area contributed by atoms with Crippen LogP contribution in [0.1, 0.15) is 209 Å².